The molecule has 94 valence electrons. The van der Waals surface area contributed by atoms with E-state index in [0.717, 1.165) is 11.1 Å². The highest BCUT2D eigenvalue weighted by Crippen LogP contribution is 2.41. The zero-order valence-corrected chi connectivity index (χ0v) is 10.5. The quantitative estimate of drug-likeness (QED) is 0.768. The normalized spacial score (nSPS) is 17.7. The second-order valence-electron chi connectivity index (χ2n) is 4.83. The van der Waals surface area contributed by atoms with Gasteiger partial charge in [-0.1, -0.05) is 60.7 Å². The van der Waals surface area contributed by atoms with Crippen molar-refractivity contribution in [2.75, 3.05) is 0 Å². The summed E-state index contributed by atoms with van der Waals surface area (Å²) in [4.78, 5) is 25.0. The maximum atomic E-state index is 12.5. The van der Waals surface area contributed by atoms with E-state index in [1.807, 2.05) is 60.7 Å². The first-order valence-electron chi connectivity index (χ1n) is 6.44. The summed E-state index contributed by atoms with van der Waals surface area (Å²) in [5.74, 6) is 0.0183. The van der Waals surface area contributed by atoms with Crippen LogP contribution in [0.1, 0.15) is 24.0 Å². The minimum absolute atomic E-state index is 0.00917. The van der Waals surface area contributed by atoms with E-state index < -0.39 is 5.41 Å². The van der Waals surface area contributed by atoms with Crippen molar-refractivity contribution in [2.24, 2.45) is 0 Å². The highest BCUT2D eigenvalue weighted by atomic mass is 16.2. The van der Waals surface area contributed by atoms with E-state index in [-0.39, 0.29) is 11.6 Å². The van der Waals surface area contributed by atoms with Gasteiger partial charge in [-0.25, -0.2) is 0 Å². The minimum atomic E-state index is -1.08. The maximum Gasteiger partial charge on any atom is 0.155 e. The van der Waals surface area contributed by atoms with Gasteiger partial charge < -0.3 is 0 Å². The highest BCUT2D eigenvalue weighted by molar-refractivity contribution is 6.20. The third kappa shape index (κ3) is 1.64. The van der Waals surface area contributed by atoms with Crippen LogP contribution < -0.4 is 0 Å². The molecule has 1 fully saturated rings. The van der Waals surface area contributed by atoms with E-state index in [2.05, 4.69) is 0 Å². The van der Waals surface area contributed by atoms with Gasteiger partial charge in [-0.05, 0) is 11.1 Å². The van der Waals surface area contributed by atoms with E-state index in [1.165, 1.54) is 0 Å². The molecule has 0 aromatic heterocycles. The Bertz CT molecular complexity index is 557. The Morgan fingerprint density at radius 2 is 1.00 bits per heavy atom. The third-order valence-corrected chi connectivity index (χ3v) is 3.83. The molecular formula is C17H14O2. The van der Waals surface area contributed by atoms with Gasteiger partial charge in [-0.2, -0.15) is 0 Å². The second kappa shape index (κ2) is 4.47. The summed E-state index contributed by atoms with van der Waals surface area (Å²) in [5, 5.41) is 0. The summed E-state index contributed by atoms with van der Waals surface area (Å²) in [6.45, 7) is 0. The molecule has 0 radical (unpaired) electrons. The van der Waals surface area contributed by atoms with Gasteiger partial charge in [0.2, 0.25) is 0 Å². The van der Waals surface area contributed by atoms with E-state index in [1.54, 1.807) is 0 Å². The molecule has 19 heavy (non-hydrogen) atoms. The van der Waals surface area contributed by atoms with Crippen molar-refractivity contribution >= 4 is 11.6 Å². The predicted octanol–water partition coefficient (Wildman–Crippen LogP) is 2.90. The van der Waals surface area contributed by atoms with Gasteiger partial charge >= 0.3 is 0 Å². The fourth-order valence-electron chi connectivity index (χ4n) is 2.94. The van der Waals surface area contributed by atoms with E-state index in [0.29, 0.717) is 12.8 Å². The smallest absolute Gasteiger partial charge is 0.155 e. The van der Waals surface area contributed by atoms with Crippen LogP contribution in [0.3, 0.4) is 0 Å². The Morgan fingerprint density at radius 3 is 1.37 bits per heavy atom. The van der Waals surface area contributed by atoms with Crippen LogP contribution in [0.2, 0.25) is 0 Å². The van der Waals surface area contributed by atoms with Crippen molar-refractivity contribution in [1.29, 1.82) is 0 Å². The Labute approximate surface area is 112 Å². The molecule has 2 heteroatoms. The molecule has 0 atom stereocenters. The predicted molar refractivity (Wildman–Crippen MR) is 72.9 cm³/mol. The van der Waals surface area contributed by atoms with Crippen LogP contribution >= 0.6 is 0 Å². The summed E-state index contributed by atoms with van der Waals surface area (Å²) >= 11 is 0. The second-order valence-corrected chi connectivity index (χ2v) is 4.83. The monoisotopic (exact) mass is 250 g/mol. The Morgan fingerprint density at radius 1 is 0.632 bits per heavy atom. The summed E-state index contributed by atoms with van der Waals surface area (Å²) in [6.07, 6.45) is 0.672. The minimum Gasteiger partial charge on any atom is -0.298 e. The number of ketones is 2. The molecule has 1 aliphatic carbocycles. The molecule has 1 aliphatic rings. The first-order chi connectivity index (χ1) is 9.26. The summed E-state index contributed by atoms with van der Waals surface area (Å²) < 4.78 is 0. The summed E-state index contributed by atoms with van der Waals surface area (Å²) in [7, 11) is 0. The number of hydrogen-bond acceptors (Lipinski definition) is 2. The van der Waals surface area contributed by atoms with Gasteiger partial charge in [0.15, 0.2) is 11.6 Å². The Hall–Kier alpha value is -2.22. The lowest BCUT2D eigenvalue weighted by Gasteiger charge is -2.27. The van der Waals surface area contributed by atoms with Crippen LogP contribution in [0, 0.1) is 0 Å². The number of carbonyl (C=O) groups excluding carboxylic acids is 2. The van der Waals surface area contributed by atoms with Crippen LogP contribution in [0.15, 0.2) is 60.7 Å². The molecule has 2 nitrogen and oxygen atoms in total. The SMILES string of the molecule is O=C1CCC(=O)C1(c1ccccc1)c1ccccc1. The topological polar surface area (TPSA) is 34.1 Å². The number of benzene rings is 2. The van der Waals surface area contributed by atoms with Crippen LogP contribution in [-0.2, 0) is 15.0 Å². The zero-order valence-electron chi connectivity index (χ0n) is 10.5. The molecule has 2 aromatic rings. The van der Waals surface area contributed by atoms with Gasteiger partial charge in [0, 0.05) is 12.8 Å². The zero-order chi connectivity index (χ0) is 13.3. The molecule has 2 aromatic carbocycles. The average molecular weight is 250 g/mol. The van der Waals surface area contributed by atoms with Crippen molar-refractivity contribution in [3.05, 3.63) is 71.8 Å². The van der Waals surface area contributed by atoms with Crippen LogP contribution in [0.4, 0.5) is 0 Å². The largest absolute Gasteiger partial charge is 0.298 e. The molecule has 0 aliphatic heterocycles. The lowest BCUT2D eigenvalue weighted by atomic mass is 9.72. The first kappa shape index (κ1) is 11.8. The van der Waals surface area contributed by atoms with Gasteiger partial charge in [0.25, 0.3) is 0 Å². The molecule has 3 rings (SSSR count). The van der Waals surface area contributed by atoms with Crippen LogP contribution in [-0.4, -0.2) is 11.6 Å². The third-order valence-electron chi connectivity index (χ3n) is 3.83. The van der Waals surface area contributed by atoms with Crippen molar-refractivity contribution in [2.45, 2.75) is 18.3 Å². The van der Waals surface area contributed by atoms with Gasteiger partial charge in [-0.3, -0.25) is 9.59 Å². The molecule has 0 spiro atoms. The number of carbonyl (C=O) groups is 2. The average Bonchev–Trinajstić information content (AvgIpc) is 2.77. The fourth-order valence-corrected chi connectivity index (χ4v) is 2.94. The highest BCUT2D eigenvalue weighted by Gasteiger charge is 2.51. The maximum absolute atomic E-state index is 12.5. The summed E-state index contributed by atoms with van der Waals surface area (Å²) in [5.41, 5.74) is 0.491. The van der Waals surface area contributed by atoms with Crippen LogP contribution in [0.25, 0.3) is 0 Å². The van der Waals surface area contributed by atoms with Crippen molar-refractivity contribution in [1.82, 2.24) is 0 Å². The van der Waals surface area contributed by atoms with Gasteiger partial charge in [-0.15, -0.1) is 0 Å². The molecule has 0 amide bonds. The van der Waals surface area contributed by atoms with E-state index in [9.17, 15) is 9.59 Å². The number of rotatable bonds is 2. The van der Waals surface area contributed by atoms with E-state index in [4.69, 9.17) is 0 Å². The molecule has 1 saturated carbocycles. The molecule has 0 saturated heterocycles. The lowest BCUT2D eigenvalue weighted by molar-refractivity contribution is -0.127. The van der Waals surface area contributed by atoms with Crippen LogP contribution in [0.5, 0.6) is 0 Å². The molecule has 0 heterocycles. The van der Waals surface area contributed by atoms with Gasteiger partial charge in [0.05, 0.1) is 0 Å². The summed E-state index contributed by atoms with van der Waals surface area (Å²) in [6, 6.07) is 18.8. The lowest BCUT2D eigenvalue weighted by Crippen LogP contribution is -2.39. The van der Waals surface area contributed by atoms with E-state index >= 15 is 0 Å². The van der Waals surface area contributed by atoms with Crippen molar-refractivity contribution in [3.8, 4) is 0 Å². The van der Waals surface area contributed by atoms with Crippen molar-refractivity contribution < 1.29 is 9.59 Å². The van der Waals surface area contributed by atoms with Crippen molar-refractivity contribution in [3.63, 3.8) is 0 Å². The fraction of sp³-hybridized carbons (Fsp3) is 0.176. The number of hydrogen-bond donors (Lipinski definition) is 0. The first-order valence-corrected chi connectivity index (χ1v) is 6.44. The Kier molecular flexibility index (Phi) is 2.79. The molecular weight excluding hydrogens is 236 g/mol. The standard InChI is InChI=1S/C17H14O2/c18-15-11-12-16(19)17(15,13-7-3-1-4-8-13)14-9-5-2-6-10-14/h1-10H,11-12H2. The Balaban J connectivity index is 2.29. The number of Topliss-reactive ketones (excluding diaryl/α,β-unsaturated/α-hetero) is 2. The van der Waals surface area contributed by atoms with Gasteiger partial charge in [0.1, 0.15) is 5.41 Å². The molecule has 0 unspecified atom stereocenters. The molecule has 0 bridgehead atoms. The molecule has 0 N–H and O–H groups in total.